The van der Waals surface area contributed by atoms with Gasteiger partial charge in [-0.25, -0.2) is 4.79 Å². The van der Waals surface area contributed by atoms with Crippen molar-refractivity contribution in [3.05, 3.63) is 46.2 Å². The third-order valence-electron chi connectivity index (χ3n) is 6.28. The standard InChI is InChI=1S/C23H27N3O3/c1-15(2)26-21-7-4-3-6-16(21)12-20(22(26)27)23(28)29-19-13-17-8-9-18(14-19)25(17)11-5-10-24/h3-4,6-7,12,15,17-19H,5,8-9,11,13-14H2,1-2H3/t17-,18+,19?. The second-order valence-corrected chi connectivity index (χ2v) is 8.42. The molecule has 0 N–H and O–H groups in total. The Morgan fingerprint density at radius 2 is 1.93 bits per heavy atom. The maximum absolute atomic E-state index is 13.0. The molecule has 6 nitrogen and oxygen atoms in total. The van der Waals surface area contributed by atoms with Gasteiger partial charge in [0.15, 0.2) is 0 Å². The smallest absolute Gasteiger partial charge is 0.344 e. The molecule has 2 aromatic rings. The lowest BCUT2D eigenvalue weighted by Crippen LogP contribution is -2.46. The number of nitrogens with zero attached hydrogens (tertiary/aromatic N) is 3. The summed E-state index contributed by atoms with van der Waals surface area (Å²) < 4.78 is 7.50. The molecule has 2 saturated heterocycles. The maximum atomic E-state index is 13.0. The van der Waals surface area contributed by atoms with E-state index >= 15 is 0 Å². The Balaban J connectivity index is 1.56. The molecule has 0 amide bonds. The summed E-state index contributed by atoms with van der Waals surface area (Å²) in [6.45, 7) is 4.67. The van der Waals surface area contributed by atoms with Gasteiger partial charge >= 0.3 is 5.97 Å². The van der Waals surface area contributed by atoms with E-state index in [1.807, 2.05) is 38.1 Å². The molecular formula is C23H27N3O3. The van der Waals surface area contributed by atoms with Gasteiger partial charge < -0.3 is 9.30 Å². The van der Waals surface area contributed by atoms with Gasteiger partial charge in [0.2, 0.25) is 0 Å². The highest BCUT2D eigenvalue weighted by molar-refractivity contribution is 5.94. The molecule has 2 bridgehead atoms. The SMILES string of the molecule is CC(C)n1c(=O)c(C(=O)OC2C[C@H]3CC[C@@H](C2)N3CCC#N)cc2ccccc21. The first kappa shape index (κ1) is 19.7. The van der Waals surface area contributed by atoms with Gasteiger partial charge in [0, 0.05) is 43.9 Å². The summed E-state index contributed by atoms with van der Waals surface area (Å²) in [6, 6.07) is 12.2. The molecule has 2 aliphatic heterocycles. The highest BCUT2D eigenvalue weighted by Gasteiger charge is 2.41. The van der Waals surface area contributed by atoms with Crippen molar-refractivity contribution in [1.82, 2.24) is 9.47 Å². The summed E-state index contributed by atoms with van der Waals surface area (Å²) in [4.78, 5) is 28.4. The molecule has 1 aromatic carbocycles. The number of benzene rings is 1. The van der Waals surface area contributed by atoms with Crippen LogP contribution >= 0.6 is 0 Å². The Hall–Kier alpha value is -2.65. The fourth-order valence-electron chi connectivity index (χ4n) is 5.02. The molecule has 2 fully saturated rings. The van der Waals surface area contributed by atoms with E-state index in [1.165, 1.54) is 0 Å². The zero-order chi connectivity index (χ0) is 20.5. The number of rotatable bonds is 5. The summed E-state index contributed by atoms with van der Waals surface area (Å²) in [7, 11) is 0. The second-order valence-electron chi connectivity index (χ2n) is 8.42. The first-order chi connectivity index (χ1) is 14.0. The van der Waals surface area contributed by atoms with E-state index in [2.05, 4.69) is 11.0 Å². The fraction of sp³-hybridized carbons (Fsp3) is 0.522. The number of ether oxygens (including phenoxy) is 1. The van der Waals surface area contributed by atoms with Gasteiger partial charge in [-0.1, -0.05) is 18.2 Å². The topological polar surface area (TPSA) is 75.3 Å². The van der Waals surface area contributed by atoms with Gasteiger partial charge in [0.25, 0.3) is 5.56 Å². The Labute approximate surface area is 170 Å². The highest BCUT2D eigenvalue weighted by atomic mass is 16.5. The quantitative estimate of drug-likeness (QED) is 0.725. The molecule has 6 heteroatoms. The molecule has 0 saturated carbocycles. The predicted molar refractivity (Wildman–Crippen MR) is 111 cm³/mol. The van der Waals surface area contributed by atoms with Crippen LogP contribution in [0.1, 0.15) is 62.4 Å². The van der Waals surface area contributed by atoms with Crippen molar-refractivity contribution in [3.8, 4) is 6.07 Å². The van der Waals surface area contributed by atoms with Crippen LogP contribution in [0.15, 0.2) is 35.1 Å². The van der Waals surface area contributed by atoms with Crippen molar-refractivity contribution in [2.45, 2.75) is 70.2 Å². The molecule has 3 atom stereocenters. The number of hydrogen-bond acceptors (Lipinski definition) is 5. The number of piperidine rings is 1. The molecule has 0 aliphatic carbocycles. The van der Waals surface area contributed by atoms with Gasteiger partial charge in [0.05, 0.1) is 11.6 Å². The Kier molecular flexibility index (Phi) is 5.42. The Bertz CT molecular complexity index is 1010. The van der Waals surface area contributed by atoms with E-state index in [-0.39, 0.29) is 23.3 Å². The number of carbonyl (C=O) groups is 1. The Morgan fingerprint density at radius 3 is 2.59 bits per heavy atom. The molecule has 29 heavy (non-hydrogen) atoms. The molecule has 0 radical (unpaired) electrons. The third kappa shape index (κ3) is 3.67. The first-order valence-electron chi connectivity index (χ1n) is 10.5. The number of fused-ring (bicyclic) bond motifs is 3. The van der Waals surface area contributed by atoms with Crippen LogP contribution in [0, 0.1) is 11.3 Å². The summed E-state index contributed by atoms with van der Waals surface area (Å²) in [5.74, 6) is -0.523. The van der Waals surface area contributed by atoms with E-state index in [1.54, 1.807) is 10.6 Å². The summed E-state index contributed by atoms with van der Waals surface area (Å²) in [6.07, 6.45) is 4.08. The van der Waals surface area contributed by atoms with Crippen molar-refractivity contribution < 1.29 is 9.53 Å². The van der Waals surface area contributed by atoms with Crippen LogP contribution in [-0.4, -0.2) is 40.2 Å². The highest BCUT2D eigenvalue weighted by Crippen LogP contribution is 2.37. The average Bonchev–Trinajstić information content (AvgIpc) is 2.93. The van der Waals surface area contributed by atoms with Crippen LogP contribution in [0.3, 0.4) is 0 Å². The minimum Gasteiger partial charge on any atom is -0.459 e. The van der Waals surface area contributed by atoms with E-state index in [0.717, 1.165) is 43.1 Å². The van der Waals surface area contributed by atoms with Crippen LogP contribution in [0.5, 0.6) is 0 Å². The van der Waals surface area contributed by atoms with Crippen LogP contribution < -0.4 is 5.56 Å². The second kappa shape index (κ2) is 8.00. The van der Waals surface area contributed by atoms with E-state index in [9.17, 15) is 9.59 Å². The molecule has 1 unspecified atom stereocenters. The zero-order valence-corrected chi connectivity index (χ0v) is 17.0. The van der Waals surface area contributed by atoms with Crippen LogP contribution in [0.4, 0.5) is 0 Å². The minimum absolute atomic E-state index is 0.0561. The molecule has 1 aromatic heterocycles. The summed E-state index contributed by atoms with van der Waals surface area (Å²) in [5, 5.41) is 9.73. The number of hydrogen-bond donors (Lipinski definition) is 0. The largest absolute Gasteiger partial charge is 0.459 e. The van der Waals surface area contributed by atoms with Gasteiger partial charge in [-0.05, 0) is 44.2 Å². The number of nitriles is 1. The molecular weight excluding hydrogens is 366 g/mol. The van der Waals surface area contributed by atoms with Crippen molar-refractivity contribution in [2.24, 2.45) is 0 Å². The predicted octanol–water partition coefficient (Wildman–Crippen LogP) is 3.65. The van der Waals surface area contributed by atoms with Crippen molar-refractivity contribution in [1.29, 1.82) is 5.26 Å². The number of pyridine rings is 1. The monoisotopic (exact) mass is 393 g/mol. The maximum Gasteiger partial charge on any atom is 0.344 e. The third-order valence-corrected chi connectivity index (χ3v) is 6.28. The van der Waals surface area contributed by atoms with Crippen LogP contribution in [0.2, 0.25) is 0 Å². The van der Waals surface area contributed by atoms with E-state index < -0.39 is 5.97 Å². The average molecular weight is 393 g/mol. The van der Waals surface area contributed by atoms with Gasteiger partial charge in [-0.3, -0.25) is 9.69 Å². The lowest BCUT2D eigenvalue weighted by atomic mass is 9.99. The molecule has 2 aliphatic rings. The molecule has 0 spiro atoms. The van der Waals surface area contributed by atoms with Gasteiger partial charge in [0.1, 0.15) is 11.7 Å². The van der Waals surface area contributed by atoms with Crippen molar-refractivity contribution in [3.63, 3.8) is 0 Å². The molecule has 3 heterocycles. The van der Waals surface area contributed by atoms with E-state index in [4.69, 9.17) is 10.00 Å². The fourth-order valence-corrected chi connectivity index (χ4v) is 5.02. The van der Waals surface area contributed by atoms with Crippen LogP contribution in [0.25, 0.3) is 10.9 Å². The van der Waals surface area contributed by atoms with Crippen molar-refractivity contribution >= 4 is 16.9 Å². The van der Waals surface area contributed by atoms with E-state index in [0.29, 0.717) is 18.5 Å². The van der Waals surface area contributed by atoms with Crippen molar-refractivity contribution in [2.75, 3.05) is 6.54 Å². The van der Waals surface area contributed by atoms with Gasteiger partial charge in [-0.15, -0.1) is 0 Å². The Morgan fingerprint density at radius 1 is 1.24 bits per heavy atom. The number of esters is 1. The number of carbonyl (C=O) groups excluding carboxylic acids is 1. The molecule has 4 rings (SSSR count). The number of aromatic nitrogens is 1. The minimum atomic E-state index is -0.523. The number of para-hydroxylation sites is 1. The summed E-state index contributed by atoms with van der Waals surface area (Å²) in [5.41, 5.74) is 0.641. The molecule has 152 valence electrons. The zero-order valence-electron chi connectivity index (χ0n) is 17.0. The van der Waals surface area contributed by atoms with Crippen LogP contribution in [-0.2, 0) is 4.74 Å². The lowest BCUT2D eigenvalue weighted by Gasteiger charge is -2.38. The normalized spacial score (nSPS) is 24.0. The lowest BCUT2D eigenvalue weighted by molar-refractivity contribution is -0.00569. The first-order valence-corrected chi connectivity index (χ1v) is 10.5. The summed E-state index contributed by atoms with van der Waals surface area (Å²) >= 11 is 0. The van der Waals surface area contributed by atoms with Gasteiger partial charge in [-0.2, -0.15) is 5.26 Å².